The highest BCUT2D eigenvalue weighted by atomic mass is 79.9. The lowest BCUT2D eigenvalue weighted by Crippen LogP contribution is -1.72. The van der Waals surface area contributed by atoms with E-state index in [1.807, 2.05) is 0 Å². The van der Waals surface area contributed by atoms with Crippen LogP contribution in [-0.2, 0) is 0 Å². The molecule has 9 heavy (non-hydrogen) atoms. The SMILES string of the molecule is [N]c1ccc([C]Br)cc1. The van der Waals surface area contributed by atoms with E-state index in [2.05, 4.69) is 21.3 Å². The first-order valence-electron chi connectivity index (χ1n) is 2.48. The third-order valence-electron chi connectivity index (χ3n) is 0.976. The van der Waals surface area contributed by atoms with Crippen molar-refractivity contribution in [3.63, 3.8) is 0 Å². The summed E-state index contributed by atoms with van der Waals surface area (Å²) in [4.78, 5) is 0. The van der Waals surface area contributed by atoms with Gasteiger partial charge in [-0.25, -0.2) is 0 Å². The van der Waals surface area contributed by atoms with E-state index in [1.54, 1.807) is 24.3 Å². The van der Waals surface area contributed by atoms with E-state index >= 15 is 0 Å². The van der Waals surface area contributed by atoms with Crippen molar-refractivity contribution in [3.8, 4) is 0 Å². The topological polar surface area (TPSA) is 22.3 Å². The third kappa shape index (κ3) is 1.72. The zero-order valence-electron chi connectivity index (χ0n) is 4.63. The van der Waals surface area contributed by atoms with Crippen LogP contribution in [0.1, 0.15) is 5.56 Å². The van der Waals surface area contributed by atoms with E-state index in [-0.39, 0.29) is 5.69 Å². The van der Waals surface area contributed by atoms with Crippen LogP contribution in [0.3, 0.4) is 0 Å². The van der Waals surface area contributed by atoms with Gasteiger partial charge in [0.25, 0.3) is 0 Å². The number of rotatable bonds is 1. The quantitative estimate of drug-likeness (QED) is 0.635. The largest absolute Gasteiger partial charge is 0.151 e. The lowest BCUT2D eigenvalue weighted by Gasteiger charge is -1.90. The van der Waals surface area contributed by atoms with Crippen LogP contribution < -0.4 is 5.73 Å². The van der Waals surface area contributed by atoms with Crippen LogP contribution in [0.2, 0.25) is 0 Å². The van der Waals surface area contributed by atoms with E-state index in [0.717, 1.165) is 5.56 Å². The minimum atomic E-state index is 0.279. The highest BCUT2D eigenvalue weighted by Gasteiger charge is 1.89. The Bertz CT molecular complexity index is 181. The van der Waals surface area contributed by atoms with Crippen molar-refractivity contribution in [3.05, 3.63) is 35.2 Å². The molecule has 4 radical (unpaired) electrons. The maximum Gasteiger partial charge on any atom is 0.0928 e. The number of hydrogen-bond donors (Lipinski definition) is 0. The van der Waals surface area contributed by atoms with Gasteiger partial charge in [0.2, 0.25) is 0 Å². The molecular formula is C7H4BrN. The monoisotopic (exact) mass is 181 g/mol. The highest BCUT2D eigenvalue weighted by molar-refractivity contribution is 9.10. The Kier molecular flexibility index (Phi) is 2.11. The minimum Gasteiger partial charge on any atom is -0.151 e. The molecule has 0 aliphatic carbocycles. The second kappa shape index (κ2) is 2.87. The molecule has 0 saturated heterocycles. The fourth-order valence-corrected chi connectivity index (χ4v) is 0.789. The summed E-state index contributed by atoms with van der Waals surface area (Å²) in [7, 11) is 0. The number of benzene rings is 1. The van der Waals surface area contributed by atoms with Crippen molar-refractivity contribution in [2.24, 2.45) is 0 Å². The van der Waals surface area contributed by atoms with Crippen LogP contribution in [0.5, 0.6) is 0 Å². The molecule has 0 unspecified atom stereocenters. The minimum absolute atomic E-state index is 0.279. The van der Waals surface area contributed by atoms with Crippen molar-refractivity contribution in [2.45, 2.75) is 0 Å². The molecule has 0 aliphatic rings. The Morgan fingerprint density at radius 2 is 1.78 bits per heavy atom. The molecule has 0 aliphatic heterocycles. The van der Waals surface area contributed by atoms with Gasteiger partial charge in [0, 0.05) is 0 Å². The predicted molar refractivity (Wildman–Crippen MR) is 39.5 cm³/mol. The van der Waals surface area contributed by atoms with Crippen molar-refractivity contribution < 1.29 is 0 Å². The average Bonchev–Trinajstić information content (AvgIpc) is 1.90. The summed E-state index contributed by atoms with van der Waals surface area (Å²) in [6, 6.07) is 6.77. The molecule has 44 valence electrons. The van der Waals surface area contributed by atoms with Crippen LogP contribution in [0.15, 0.2) is 24.3 Å². The molecule has 1 rings (SSSR count). The molecule has 2 heteroatoms. The Morgan fingerprint density at radius 3 is 2.22 bits per heavy atom. The smallest absolute Gasteiger partial charge is 0.0928 e. The molecular weight excluding hydrogens is 178 g/mol. The first-order chi connectivity index (χ1) is 4.33. The van der Waals surface area contributed by atoms with Gasteiger partial charge in [-0.2, -0.15) is 5.73 Å². The summed E-state index contributed by atoms with van der Waals surface area (Å²) in [5.41, 5.74) is 10.0. The Hall–Kier alpha value is -0.500. The molecule has 0 amide bonds. The van der Waals surface area contributed by atoms with Crippen LogP contribution in [0.25, 0.3) is 0 Å². The fraction of sp³-hybridized carbons (Fsp3) is 0. The van der Waals surface area contributed by atoms with Crippen LogP contribution in [-0.4, -0.2) is 0 Å². The summed E-state index contributed by atoms with van der Waals surface area (Å²) in [6.45, 7) is 0. The Labute approximate surface area is 63.0 Å². The lowest BCUT2D eigenvalue weighted by molar-refractivity contribution is 1.46. The predicted octanol–water partition coefficient (Wildman–Crippen LogP) is 2.17. The highest BCUT2D eigenvalue weighted by Crippen LogP contribution is 2.10. The van der Waals surface area contributed by atoms with Gasteiger partial charge in [-0.05, 0) is 17.7 Å². The maximum atomic E-state index is 8.81. The molecule has 0 atom stereocenters. The van der Waals surface area contributed by atoms with Crippen LogP contribution in [0.4, 0.5) is 5.69 Å². The molecule has 1 nitrogen and oxygen atoms in total. The normalized spacial score (nSPS) is 9.44. The molecule has 0 N–H and O–H groups in total. The second-order valence-corrected chi connectivity index (χ2v) is 2.04. The van der Waals surface area contributed by atoms with E-state index in [0.29, 0.717) is 0 Å². The maximum absolute atomic E-state index is 8.81. The molecule has 0 spiro atoms. The molecule has 0 fully saturated rings. The third-order valence-corrected chi connectivity index (χ3v) is 1.43. The zero-order chi connectivity index (χ0) is 6.69. The lowest BCUT2D eigenvalue weighted by atomic mass is 10.2. The molecule has 1 aromatic carbocycles. The van der Waals surface area contributed by atoms with Crippen LogP contribution in [0, 0.1) is 5.33 Å². The van der Waals surface area contributed by atoms with E-state index < -0.39 is 0 Å². The molecule has 0 saturated carbocycles. The summed E-state index contributed by atoms with van der Waals surface area (Å²) < 4.78 is 0. The van der Waals surface area contributed by atoms with Gasteiger partial charge in [-0.15, -0.1) is 0 Å². The molecule has 1 aromatic rings. The van der Waals surface area contributed by atoms with Crippen molar-refractivity contribution in [1.82, 2.24) is 5.73 Å². The van der Waals surface area contributed by atoms with Crippen LogP contribution >= 0.6 is 15.9 Å². The number of halogens is 1. The van der Waals surface area contributed by atoms with E-state index in [9.17, 15) is 0 Å². The second-order valence-electron chi connectivity index (χ2n) is 1.64. The molecule has 0 bridgehead atoms. The zero-order valence-corrected chi connectivity index (χ0v) is 6.22. The van der Waals surface area contributed by atoms with Gasteiger partial charge < -0.3 is 0 Å². The van der Waals surface area contributed by atoms with Gasteiger partial charge in [-0.3, -0.25) is 0 Å². The fourth-order valence-electron chi connectivity index (χ4n) is 0.524. The molecule has 0 aromatic heterocycles. The number of nitrogens with zero attached hydrogens (tertiary/aromatic N) is 1. The van der Waals surface area contributed by atoms with Gasteiger partial charge in [-0.1, -0.05) is 28.1 Å². The standard InChI is InChI=1S/C7H4BrN/c8-5-6-1-3-7(9)4-2-6/h1-4H. The first-order valence-corrected chi connectivity index (χ1v) is 3.28. The van der Waals surface area contributed by atoms with E-state index in [1.165, 1.54) is 0 Å². The van der Waals surface area contributed by atoms with E-state index in [4.69, 9.17) is 5.73 Å². The summed E-state index contributed by atoms with van der Waals surface area (Å²) in [6.07, 6.45) is 0. The Morgan fingerprint density at radius 1 is 1.22 bits per heavy atom. The number of hydrogen-bond acceptors (Lipinski definition) is 0. The summed E-state index contributed by atoms with van der Waals surface area (Å²) in [5, 5.41) is 2.76. The van der Waals surface area contributed by atoms with Crippen molar-refractivity contribution >= 4 is 21.6 Å². The van der Waals surface area contributed by atoms with Gasteiger partial charge >= 0.3 is 0 Å². The van der Waals surface area contributed by atoms with Crippen molar-refractivity contribution in [2.75, 3.05) is 0 Å². The molecule has 0 heterocycles. The average molecular weight is 182 g/mol. The summed E-state index contributed by atoms with van der Waals surface area (Å²) >= 11 is 3.05. The van der Waals surface area contributed by atoms with Gasteiger partial charge in [0.05, 0.1) is 11.0 Å². The Balaban J connectivity index is 2.88. The summed E-state index contributed by atoms with van der Waals surface area (Å²) in [5.74, 6) is 0. The van der Waals surface area contributed by atoms with Crippen molar-refractivity contribution in [1.29, 1.82) is 0 Å². The first kappa shape index (κ1) is 6.62. The van der Waals surface area contributed by atoms with Gasteiger partial charge in [0.1, 0.15) is 0 Å². The van der Waals surface area contributed by atoms with Gasteiger partial charge in [0.15, 0.2) is 0 Å².